The summed E-state index contributed by atoms with van der Waals surface area (Å²) in [4.78, 5) is 11.8. The molecule has 7 heteroatoms. The molecule has 0 atom stereocenters. The first kappa shape index (κ1) is 14.5. The van der Waals surface area contributed by atoms with E-state index in [0.29, 0.717) is 12.1 Å². The van der Waals surface area contributed by atoms with Crippen molar-refractivity contribution in [2.75, 3.05) is 5.32 Å². The highest BCUT2D eigenvalue weighted by Crippen LogP contribution is 2.22. The molecule has 1 N–H and O–H groups in total. The van der Waals surface area contributed by atoms with Crippen LogP contribution in [0.15, 0.2) is 34.8 Å². The molecule has 2 rings (SSSR count). The van der Waals surface area contributed by atoms with E-state index in [0.717, 1.165) is 0 Å². The average Bonchev–Trinajstić information content (AvgIpc) is 2.39. The highest BCUT2D eigenvalue weighted by Gasteiger charge is 2.17. The van der Waals surface area contributed by atoms with Crippen LogP contribution in [0.4, 0.5) is 23.2 Å². The second-order valence-electron chi connectivity index (χ2n) is 3.80. The monoisotopic (exact) mass is 347 g/mol. The molecule has 2 aromatic rings. The molecule has 0 fully saturated rings. The van der Waals surface area contributed by atoms with E-state index in [4.69, 9.17) is 0 Å². The summed E-state index contributed by atoms with van der Waals surface area (Å²) in [6.45, 7) is 0. The minimum Gasteiger partial charge on any atom is -0.319 e. The minimum atomic E-state index is -1.38. The van der Waals surface area contributed by atoms with Crippen LogP contribution < -0.4 is 5.32 Å². The molecule has 0 heterocycles. The minimum absolute atomic E-state index is 0.0518. The highest BCUT2D eigenvalue weighted by atomic mass is 79.9. The van der Waals surface area contributed by atoms with Crippen molar-refractivity contribution in [1.29, 1.82) is 0 Å². The summed E-state index contributed by atoms with van der Waals surface area (Å²) in [6.07, 6.45) is 0. The van der Waals surface area contributed by atoms with Gasteiger partial charge < -0.3 is 5.32 Å². The predicted molar refractivity (Wildman–Crippen MR) is 68.4 cm³/mol. The van der Waals surface area contributed by atoms with Gasteiger partial charge in [0.1, 0.15) is 11.6 Å². The Hall–Kier alpha value is -1.89. The van der Waals surface area contributed by atoms with Crippen LogP contribution in [-0.2, 0) is 0 Å². The van der Waals surface area contributed by atoms with Gasteiger partial charge in [-0.3, -0.25) is 4.79 Å². The van der Waals surface area contributed by atoms with E-state index in [-0.39, 0.29) is 10.0 Å². The maximum atomic E-state index is 13.7. The summed E-state index contributed by atoms with van der Waals surface area (Å²) in [5.41, 5.74) is -0.934. The third-order valence-corrected chi connectivity index (χ3v) is 3.07. The maximum Gasteiger partial charge on any atom is 0.258 e. The molecule has 0 aliphatic heterocycles. The first-order valence-corrected chi connectivity index (χ1v) is 6.09. The van der Waals surface area contributed by atoms with Crippen molar-refractivity contribution in [3.05, 3.63) is 63.6 Å². The molecule has 0 unspecified atom stereocenters. The first-order chi connectivity index (χ1) is 9.40. The van der Waals surface area contributed by atoms with Crippen LogP contribution in [0.1, 0.15) is 10.4 Å². The Morgan fingerprint density at radius 3 is 2.35 bits per heavy atom. The van der Waals surface area contributed by atoms with Crippen LogP contribution >= 0.6 is 15.9 Å². The molecule has 2 aromatic carbocycles. The summed E-state index contributed by atoms with van der Waals surface area (Å²) in [5, 5.41) is 1.98. The zero-order valence-corrected chi connectivity index (χ0v) is 11.3. The van der Waals surface area contributed by atoms with Crippen LogP contribution in [0.2, 0.25) is 0 Å². The van der Waals surface area contributed by atoms with Crippen molar-refractivity contribution >= 4 is 27.5 Å². The number of benzene rings is 2. The van der Waals surface area contributed by atoms with Gasteiger partial charge >= 0.3 is 0 Å². The van der Waals surface area contributed by atoms with Crippen molar-refractivity contribution in [3.8, 4) is 0 Å². The second-order valence-corrected chi connectivity index (χ2v) is 4.66. The zero-order chi connectivity index (χ0) is 14.9. The fourth-order valence-corrected chi connectivity index (χ4v) is 1.85. The summed E-state index contributed by atoms with van der Waals surface area (Å²) in [5.74, 6) is -5.68. The SMILES string of the molecule is O=C(Nc1cc(F)c(F)cc1F)c1cccc(Br)c1F. The van der Waals surface area contributed by atoms with Crippen molar-refractivity contribution in [2.24, 2.45) is 0 Å². The molecular formula is C13H6BrF4NO. The van der Waals surface area contributed by atoms with Gasteiger partial charge in [0.25, 0.3) is 5.91 Å². The molecule has 0 radical (unpaired) electrons. The van der Waals surface area contributed by atoms with E-state index in [1.165, 1.54) is 18.2 Å². The first-order valence-electron chi connectivity index (χ1n) is 5.30. The third-order valence-electron chi connectivity index (χ3n) is 2.45. The van der Waals surface area contributed by atoms with Crippen LogP contribution in [0.5, 0.6) is 0 Å². The lowest BCUT2D eigenvalue weighted by Crippen LogP contribution is -2.15. The van der Waals surface area contributed by atoms with Crippen molar-refractivity contribution < 1.29 is 22.4 Å². The molecule has 0 saturated heterocycles. The Morgan fingerprint density at radius 1 is 1.00 bits per heavy atom. The summed E-state index contributed by atoms with van der Waals surface area (Å²) < 4.78 is 52.8. The molecule has 104 valence electrons. The molecule has 0 aliphatic carbocycles. The quantitative estimate of drug-likeness (QED) is 0.638. The van der Waals surface area contributed by atoms with Gasteiger partial charge in [-0.05, 0) is 28.1 Å². The summed E-state index contributed by atoms with van der Waals surface area (Å²) >= 11 is 2.90. The molecule has 2 nitrogen and oxygen atoms in total. The molecule has 1 amide bonds. The smallest absolute Gasteiger partial charge is 0.258 e. The molecule has 0 saturated carbocycles. The van der Waals surface area contributed by atoms with Gasteiger partial charge in [-0.1, -0.05) is 6.07 Å². The standard InChI is InChI=1S/C13H6BrF4NO/c14-7-3-1-2-6(12(7)18)13(20)19-11-5-9(16)8(15)4-10(11)17/h1-5H,(H,19,20). The van der Waals surface area contributed by atoms with E-state index in [1.54, 1.807) is 0 Å². The van der Waals surface area contributed by atoms with Gasteiger partial charge in [0, 0.05) is 12.1 Å². The topological polar surface area (TPSA) is 29.1 Å². The lowest BCUT2D eigenvalue weighted by Gasteiger charge is -2.08. The van der Waals surface area contributed by atoms with Gasteiger partial charge in [-0.25, -0.2) is 17.6 Å². The zero-order valence-electron chi connectivity index (χ0n) is 9.68. The number of anilines is 1. The Bertz CT molecular complexity index is 690. The number of halogens is 5. The molecular weight excluding hydrogens is 342 g/mol. The van der Waals surface area contributed by atoms with E-state index < -0.39 is 34.9 Å². The predicted octanol–water partition coefficient (Wildman–Crippen LogP) is 4.26. The Kier molecular flexibility index (Phi) is 4.08. The van der Waals surface area contributed by atoms with Gasteiger partial charge in [0.15, 0.2) is 11.6 Å². The second kappa shape index (κ2) is 5.62. The molecule has 0 aromatic heterocycles. The van der Waals surface area contributed by atoms with Gasteiger partial charge in [0.2, 0.25) is 0 Å². The van der Waals surface area contributed by atoms with Crippen LogP contribution in [0.25, 0.3) is 0 Å². The number of carbonyl (C=O) groups is 1. The maximum absolute atomic E-state index is 13.7. The van der Waals surface area contributed by atoms with Gasteiger partial charge in [-0.2, -0.15) is 0 Å². The molecule has 20 heavy (non-hydrogen) atoms. The lowest BCUT2D eigenvalue weighted by atomic mass is 10.2. The van der Waals surface area contributed by atoms with Crippen LogP contribution in [0, 0.1) is 23.3 Å². The van der Waals surface area contributed by atoms with Crippen molar-refractivity contribution in [1.82, 2.24) is 0 Å². The number of nitrogens with one attached hydrogen (secondary N) is 1. The summed E-state index contributed by atoms with van der Waals surface area (Å²) in [7, 11) is 0. The Balaban J connectivity index is 2.33. The molecule has 0 bridgehead atoms. The van der Waals surface area contributed by atoms with Crippen molar-refractivity contribution in [2.45, 2.75) is 0 Å². The summed E-state index contributed by atoms with van der Waals surface area (Å²) in [6, 6.07) is 4.74. The number of hydrogen-bond donors (Lipinski definition) is 1. The van der Waals surface area contributed by atoms with E-state index >= 15 is 0 Å². The number of carbonyl (C=O) groups excluding carboxylic acids is 1. The Labute approximate surface area is 119 Å². The number of hydrogen-bond acceptors (Lipinski definition) is 1. The normalized spacial score (nSPS) is 10.4. The Morgan fingerprint density at radius 2 is 1.65 bits per heavy atom. The fraction of sp³-hybridized carbons (Fsp3) is 0. The molecule has 0 aliphatic rings. The number of amides is 1. The van der Waals surface area contributed by atoms with E-state index in [9.17, 15) is 22.4 Å². The van der Waals surface area contributed by atoms with Crippen molar-refractivity contribution in [3.63, 3.8) is 0 Å². The number of rotatable bonds is 2. The van der Waals surface area contributed by atoms with E-state index in [2.05, 4.69) is 15.9 Å². The lowest BCUT2D eigenvalue weighted by molar-refractivity contribution is 0.102. The largest absolute Gasteiger partial charge is 0.319 e. The van der Waals surface area contributed by atoms with Gasteiger partial charge in [0.05, 0.1) is 15.7 Å². The fourth-order valence-electron chi connectivity index (χ4n) is 1.49. The third kappa shape index (κ3) is 2.82. The van der Waals surface area contributed by atoms with Gasteiger partial charge in [-0.15, -0.1) is 0 Å². The van der Waals surface area contributed by atoms with Crippen LogP contribution in [0.3, 0.4) is 0 Å². The average molecular weight is 348 g/mol. The highest BCUT2D eigenvalue weighted by molar-refractivity contribution is 9.10. The molecule has 0 spiro atoms. The van der Waals surface area contributed by atoms with E-state index in [1.807, 2.05) is 5.32 Å². The van der Waals surface area contributed by atoms with Crippen LogP contribution in [-0.4, -0.2) is 5.91 Å².